The van der Waals surface area contributed by atoms with Crippen molar-refractivity contribution in [2.24, 2.45) is 0 Å². The largest absolute Gasteiger partial charge is 0.114 e. The first kappa shape index (κ1) is 21.1. The number of hydrogen-bond acceptors (Lipinski definition) is 0. The first-order valence-electron chi connectivity index (χ1n) is 4.50. The fourth-order valence-corrected chi connectivity index (χ4v) is 1.69. The van der Waals surface area contributed by atoms with Gasteiger partial charge in [-0.2, -0.15) is 0 Å². The molecular weight excluding hydrogens is 405 g/mol. The Balaban J connectivity index is -0.000000480. The fraction of sp³-hybridized carbons (Fsp3) is 0.500. The van der Waals surface area contributed by atoms with E-state index < -0.39 is 0 Å². The zero-order valence-corrected chi connectivity index (χ0v) is 15.3. The third kappa shape index (κ3) is 3.94. The molecule has 0 spiro atoms. The van der Waals surface area contributed by atoms with Crippen molar-refractivity contribution in [1.82, 2.24) is 0 Å². The Morgan fingerprint density at radius 1 is 0.400 bits per heavy atom. The maximum Gasteiger partial charge on any atom is 0 e. The van der Waals surface area contributed by atoms with E-state index in [0.717, 1.165) is 0 Å². The molecule has 1 rings (SSSR count). The van der Waals surface area contributed by atoms with Crippen LogP contribution in [0, 0.1) is 41.5 Å². The monoisotopic (exact) mass is 424 g/mol. The van der Waals surface area contributed by atoms with Crippen LogP contribution in [0.3, 0.4) is 0 Å². The van der Waals surface area contributed by atoms with Gasteiger partial charge >= 0.3 is 0 Å². The summed E-state index contributed by atoms with van der Waals surface area (Å²) in [6, 6.07) is 0. The SMILES string of the molecule is Br.Br.Cc1c(C)c(C)c(C)c(C)c1C.[Ru]. The summed E-state index contributed by atoms with van der Waals surface area (Å²) >= 11 is 0. The Hall–Kier alpha value is 0.803. The van der Waals surface area contributed by atoms with E-state index in [-0.39, 0.29) is 53.4 Å². The number of rotatable bonds is 0. The molecule has 0 amide bonds. The van der Waals surface area contributed by atoms with Crippen molar-refractivity contribution in [3.63, 3.8) is 0 Å². The van der Waals surface area contributed by atoms with Gasteiger partial charge in [0.2, 0.25) is 0 Å². The smallest absolute Gasteiger partial charge is 0 e. The Morgan fingerprint density at radius 3 is 0.533 bits per heavy atom. The Morgan fingerprint density at radius 2 is 0.467 bits per heavy atom. The van der Waals surface area contributed by atoms with Gasteiger partial charge in [-0.15, -0.1) is 34.0 Å². The van der Waals surface area contributed by atoms with Gasteiger partial charge in [0, 0.05) is 19.5 Å². The van der Waals surface area contributed by atoms with Crippen LogP contribution in [0.25, 0.3) is 0 Å². The van der Waals surface area contributed by atoms with Crippen LogP contribution in [0.15, 0.2) is 0 Å². The van der Waals surface area contributed by atoms with Crippen LogP contribution in [-0.2, 0) is 19.5 Å². The summed E-state index contributed by atoms with van der Waals surface area (Å²) in [5, 5.41) is 0. The van der Waals surface area contributed by atoms with E-state index in [1.54, 1.807) is 0 Å². The summed E-state index contributed by atoms with van der Waals surface area (Å²) in [5.41, 5.74) is 8.73. The van der Waals surface area contributed by atoms with Crippen LogP contribution < -0.4 is 0 Å². The maximum absolute atomic E-state index is 2.21. The van der Waals surface area contributed by atoms with Gasteiger partial charge in [0.15, 0.2) is 0 Å². The normalized spacial score (nSPS) is 8.40. The first-order valence-corrected chi connectivity index (χ1v) is 4.50. The van der Waals surface area contributed by atoms with Gasteiger partial charge < -0.3 is 0 Å². The Labute approximate surface area is 128 Å². The number of benzene rings is 1. The summed E-state index contributed by atoms with van der Waals surface area (Å²) in [6.07, 6.45) is 0. The molecule has 0 saturated heterocycles. The van der Waals surface area contributed by atoms with Gasteiger partial charge in [-0.3, -0.25) is 0 Å². The van der Waals surface area contributed by atoms with E-state index in [4.69, 9.17) is 0 Å². The van der Waals surface area contributed by atoms with E-state index in [0.29, 0.717) is 0 Å². The van der Waals surface area contributed by atoms with Crippen LogP contribution in [0.2, 0.25) is 0 Å². The van der Waals surface area contributed by atoms with Crippen LogP contribution in [-0.4, -0.2) is 0 Å². The predicted molar refractivity (Wildman–Crippen MR) is 75.5 cm³/mol. The molecule has 0 heterocycles. The van der Waals surface area contributed by atoms with E-state index in [2.05, 4.69) is 41.5 Å². The molecule has 0 aromatic heterocycles. The van der Waals surface area contributed by atoms with Gasteiger partial charge in [0.1, 0.15) is 0 Å². The summed E-state index contributed by atoms with van der Waals surface area (Å²) in [6.45, 7) is 13.3. The fourth-order valence-electron chi connectivity index (χ4n) is 1.69. The van der Waals surface area contributed by atoms with Gasteiger partial charge in [0.05, 0.1) is 0 Å². The molecule has 1 aromatic rings. The molecule has 1 aromatic carbocycles. The summed E-state index contributed by atoms with van der Waals surface area (Å²) in [7, 11) is 0. The topological polar surface area (TPSA) is 0 Å². The minimum Gasteiger partial charge on any atom is -0.114 e. The summed E-state index contributed by atoms with van der Waals surface area (Å²) < 4.78 is 0. The van der Waals surface area contributed by atoms with Crippen molar-refractivity contribution in [1.29, 1.82) is 0 Å². The molecule has 0 unspecified atom stereocenters. The van der Waals surface area contributed by atoms with Crippen molar-refractivity contribution in [2.75, 3.05) is 0 Å². The van der Waals surface area contributed by atoms with Crippen molar-refractivity contribution < 1.29 is 19.5 Å². The second-order valence-electron chi connectivity index (χ2n) is 3.75. The quantitative estimate of drug-likeness (QED) is 0.530. The zero-order chi connectivity index (χ0) is 9.46. The standard InChI is InChI=1S/C12H18.2BrH.Ru/c1-7-8(2)10(4)12(6)11(5)9(7)3;;;/h1-6H3;2*1H;. The van der Waals surface area contributed by atoms with Crippen molar-refractivity contribution in [3.8, 4) is 0 Å². The van der Waals surface area contributed by atoms with Crippen molar-refractivity contribution >= 4 is 34.0 Å². The van der Waals surface area contributed by atoms with Crippen molar-refractivity contribution in [3.05, 3.63) is 33.4 Å². The number of hydrogen-bond donors (Lipinski definition) is 0. The van der Waals surface area contributed by atoms with Gasteiger partial charge in [0.25, 0.3) is 0 Å². The second-order valence-corrected chi connectivity index (χ2v) is 3.75. The first-order chi connectivity index (χ1) is 5.46. The summed E-state index contributed by atoms with van der Waals surface area (Å²) in [5.74, 6) is 0. The molecule has 0 saturated carbocycles. The molecule has 3 heteroatoms. The van der Waals surface area contributed by atoms with E-state index in [1.807, 2.05) is 0 Å². The molecule has 0 bridgehead atoms. The molecule has 0 radical (unpaired) electrons. The molecule has 0 atom stereocenters. The van der Waals surface area contributed by atoms with Gasteiger partial charge in [-0.1, -0.05) is 0 Å². The predicted octanol–water partition coefficient (Wildman–Crippen LogP) is 4.69. The maximum atomic E-state index is 2.21. The average Bonchev–Trinajstić information content (AvgIpc) is 2.08. The third-order valence-corrected chi connectivity index (χ3v) is 3.38. The van der Waals surface area contributed by atoms with Crippen LogP contribution >= 0.6 is 34.0 Å². The molecular formula is C12H20Br2Ru. The third-order valence-electron chi connectivity index (χ3n) is 3.38. The van der Waals surface area contributed by atoms with Crippen LogP contribution in [0.4, 0.5) is 0 Å². The zero-order valence-electron chi connectivity index (χ0n) is 10.2. The molecule has 90 valence electrons. The van der Waals surface area contributed by atoms with E-state index in [9.17, 15) is 0 Å². The second kappa shape index (κ2) is 7.98. The van der Waals surface area contributed by atoms with Crippen molar-refractivity contribution in [2.45, 2.75) is 41.5 Å². The molecule has 15 heavy (non-hydrogen) atoms. The van der Waals surface area contributed by atoms with Crippen LogP contribution in [0.5, 0.6) is 0 Å². The molecule has 0 nitrogen and oxygen atoms in total. The molecule has 0 fully saturated rings. The summed E-state index contributed by atoms with van der Waals surface area (Å²) in [4.78, 5) is 0. The van der Waals surface area contributed by atoms with E-state index >= 15 is 0 Å². The molecule has 0 N–H and O–H groups in total. The van der Waals surface area contributed by atoms with Gasteiger partial charge in [-0.25, -0.2) is 0 Å². The van der Waals surface area contributed by atoms with Crippen LogP contribution in [0.1, 0.15) is 33.4 Å². The number of halogens is 2. The average molecular weight is 425 g/mol. The molecule has 0 aliphatic heterocycles. The minimum atomic E-state index is 0. The minimum absolute atomic E-state index is 0. The Kier molecular flexibility index (Phi) is 11.2. The molecule has 0 aliphatic rings. The van der Waals surface area contributed by atoms with E-state index in [1.165, 1.54) is 33.4 Å². The Bertz CT molecular complexity index is 228. The van der Waals surface area contributed by atoms with Gasteiger partial charge in [-0.05, 0) is 74.9 Å². The molecule has 0 aliphatic carbocycles.